The van der Waals surface area contributed by atoms with Gasteiger partial charge in [-0.05, 0) is 91.9 Å². The molecule has 1 amide bonds. The van der Waals surface area contributed by atoms with Crippen molar-refractivity contribution < 1.29 is 24.5 Å². The molecular formula is C30H28N2O5S. The number of aliphatic hydroxyl groups excluding tert-OH is 1. The predicted molar refractivity (Wildman–Crippen MR) is 149 cm³/mol. The van der Waals surface area contributed by atoms with E-state index < -0.39 is 17.7 Å². The zero-order valence-corrected chi connectivity index (χ0v) is 22.4. The third kappa shape index (κ3) is 4.41. The van der Waals surface area contributed by atoms with Gasteiger partial charge in [-0.3, -0.25) is 14.5 Å². The van der Waals surface area contributed by atoms with E-state index in [1.807, 2.05) is 39.8 Å². The van der Waals surface area contributed by atoms with Crippen molar-refractivity contribution in [1.29, 1.82) is 0 Å². The minimum atomic E-state index is -0.922. The van der Waals surface area contributed by atoms with Gasteiger partial charge in [-0.2, -0.15) is 0 Å². The van der Waals surface area contributed by atoms with Gasteiger partial charge in [0.2, 0.25) is 0 Å². The molecule has 194 valence electrons. The Kier molecular flexibility index (Phi) is 6.67. The summed E-state index contributed by atoms with van der Waals surface area (Å²) in [7, 11) is 0. The van der Waals surface area contributed by atoms with Gasteiger partial charge in [-0.1, -0.05) is 30.4 Å². The molecule has 8 heteroatoms. The summed E-state index contributed by atoms with van der Waals surface area (Å²) in [6.07, 6.45) is 0.863. The Labute approximate surface area is 224 Å². The molecule has 1 fully saturated rings. The van der Waals surface area contributed by atoms with E-state index in [4.69, 9.17) is 9.72 Å². The monoisotopic (exact) mass is 528 g/mol. The number of phenols is 1. The molecule has 0 radical (unpaired) electrons. The highest BCUT2D eigenvalue weighted by Crippen LogP contribution is 2.45. The zero-order valence-electron chi connectivity index (χ0n) is 21.6. The van der Waals surface area contributed by atoms with E-state index in [0.717, 1.165) is 33.3 Å². The van der Waals surface area contributed by atoms with Gasteiger partial charge in [0, 0.05) is 5.56 Å². The molecule has 2 heterocycles. The Morgan fingerprint density at radius 1 is 1.00 bits per heavy atom. The molecule has 1 aromatic heterocycles. The van der Waals surface area contributed by atoms with Gasteiger partial charge in [-0.15, -0.1) is 0 Å². The molecule has 1 saturated heterocycles. The number of nitrogens with zero attached hydrogens (tertiary/aromatic N) is 2. The summed E-state index contributed by atoms with van der Waals surface area (Å²) in [6, 6.07) is 14.5. The van der Waals surface area contributed by atoms with E-state index in [1.54, 1.807) is 30.3 Å². The Morgan fingerprint density at radius 3 is 2.39 bits per heavy atom. The number of carbonyl (C=O) groups excluding carboxylic acids is 2. The minimum Gasteiger partial charge on any atom is -0.508 e. The fraction of sp³-hybridized carbons (Fsp3) is 0.233. The number of anilines is 1. The standard InChI is InChI=1S/C30H28N2O5S/c1-5-12-37-23-11-8-20(13-18(23)4)27(34)25-26(19-6-9-21(33)10-7-19)32(29(36)28(25)35)30-31-22-14-16(2)17(3)15-24(22)38-30/h6-11,13-15,26,33-34H,5,12H2,1-4H3/b27-25+. The fourth-order valence-electron chi connectivity index (χ4n) is 4.60. The van der Waals surface area contributed by atoms with Crippen LogP contribution in [0.15, 0.2) is 60.2 Å². The highest BCUT2D eigenvalue weighted by atomic mass is 32.1. The molecule has 5 rings (SSSR count). The third-order valence-electron chi connectivity index (χ3n) is 6.76. The number of ketones is 1. The lowest BCUT2D eigenvalue weighted by molar-refractivity contribution is -0.132. The van der Waals surface area contributed by atoms with Crippen molar-refractivity contribution in [3.63, 3.8) is 0 Å². The maximum Gasteiger partial charge on any atom is 0.301 e. The van der Waals surface area contributed by atoms with E-state index in [2.05, 4.69) is 0 Å². The van der Waals surface area contributed by atoms with Crippen LogP contribution in [-0.2, 0) is 9.59 Å². The van der Waals surface area contributed by atoms with Crippen molar-refractivity contribution in [1.82, 2.24) is 4.98 Å². The number of ether oxygens (including phenoxy) is 1. The van der Waals surface area contributed by atoms with Crippen LogP contribution < -0.4 is 9.64 Å². The molecule has 0 spiro atoms. The van der Waals surface area contributed by atoms with E-state index in [0.29, 0.717) is 28.6 Å². The Bertz CT molecular complexity index is 1560. The Hall–Kier alpha value is -4.17. The third-order valence-corrected chi connectivity index (χ3v) is 7.78. The van der Waals surface area contributed by atoms with Crippen molar-refractivity contribution >= 4 is 44.1 Å². The van der Waals surface area contributed by atoms with Gasteiger partial charge < -0.3 is 14.9 Å². The molecule has 3 aromatic carbocycles. The summed E-state index contributed by atoms with van der Waals surface area (Å²) < 4.78 is 6.64. The van der Waals surface area contributed by atoms with Crippen LogP contribution in [0.25, 0.3) is 16.0 Å². The number of aliphatic hydroxyl groups is 1. The van der Waals surface area contributed by atoms with Gasteiger partial charge in [0.25, 0.3) is 5.78 Å². The van der Waals surface area contributed by atoms with Crippen LogP contribution >= 0.6 is 11.3 Å². The number of amides is 1. The first-order valence-electron chi connectivity index (χ1n) is 12.4. The molecule has 4 aromatic rings. The number of hydrogen-bond acceptors (Lipinski definition) is 7. The normalized spacial score (nSPS) is 16.9. The number of carbonyl (C=O) groups is 2. The van der Waals surface area contributed by atoms with Crippen molar-refractivity contribution in [3.8, 4) is 11.5 Å². The smallest absolute Gasteiger partial charge is 0.301 e. The van der Waals surface area contributed by atoms with Crippen LogP contribution in [0.4, 0.5) is 5.13 Å². The van der Waals surface area contributed by atoms with Crippen LogP contribution in [0.5, 0.6) is 11.5 Å². The summed E-state index contributed by atoms with van der Waals surface area (Å²) >= 11 is 1.32. The molecule has 38 heavy (non-hydrogen) atoms. The lowest BCUT2D eigenvalue weighted by Gasteiger charge is -2.23. The van der Waals surface area contributed by atoms with Crippen molar-refractivity contribution in [2.75, 3.05) is 11.5 Å². The van der Waals surface area contributed by atoms with Crippen molar-refractivity contribution in [2.24, 2.45) is 0 Å². The van der Waals surface area contributed by atoms with Crippen molar-refractivity contribution in [3.05, 3.63) is 88.0 Å². The number of aromatic hydroxyl groups is 1. The fourth-order valence-corrected chi connectivity index (χ4v) is 5.67. The van der Waals surface area contributed by atoms with Gasteiger partial charge >= 0.3 is 5.91 Å². The molecule has 2 N–H and O–H groups in total. The van der Waals surface area contributed by atoms with Gasteiger partial charge in [0.05, 0.1) is 28.4 Å². The number of phenolic OH excluding ortho intramolecular Hbond substituents is 1. The quantitative estimate of drug-likeness (QED) is 0.172. The number of rotatable bonds is 6. The second-order valence-electron chi connectivity index (χ2n) is 9.49. The van der Waals surface area contributed by atoms with E-state index in [9.17, 15) is 19.8 Å². The number of aryl methyl sites for hydroxylation is 3. The molecule has 7 nitrogen and oxygen atoms in total. The molecule has 1 atom stereocenters. The highest BCUT2D eigenvalue weighted by molar-refractivity contribution is 7.22. The molecule has 1 aliphatic heterocycles. The maximum absolute atomic E-state index is 13.5. The maximum atomic E-state index is 13.5. The number of Topliss-reactive ketones (excluding diaryl/α,β-unsaturated/α-hetero) is 1. The molecule has 0 bridgehead atoms. The second kappa shape index (κ2) is 9.95. The van der Waals surface area contributed by atoms with E-state index in [-0.39, 0.29) is 17.1 Å². The number of aromatic nitrogens is 1. The lowest BCUT2D eigenvalue weighted by Crippen LogP contribution is -2.29. The first kappa shape index (κ1) is 25.5. The summed E-state index contributed by atoms with van der Waals surface area (Å²) in [5.41, 5.74) is 4.65. The van der Waals surface area contributed by atoms with Gasteiger partial charge in [0.15, 0.2) is 5.13 Å². The summed E-state index contributed by atoms with van der Waals surface area (Å²) in [4.78, 5) is 33.0. The number of hydrogen-bond donors (Lipinski definition) is 2. The summed E-state index contributed by atoms with van der Waals surface area (Å²) in [6.45, 7) is 8.46. The van der Waals surface area contributed by atoms with Crippen LogP contribution in [-0.4, -0.2) is 33.5 Å². The van der Waals surface area contributed by atoms with E-state index >= 15 is 0 Å². The Balaban J connectivity index is 1.67. The number of thiazole rings is 1. The molecule has 1 aliphatic rings. The average molecular weight is 529 g/mol. The SMILES string of the molecule is CCCOc1ccc(/C(O)=C2\C(=O)C(=O)N(c3nc4cc(C)c(C)cc4s3)C2c2ccc(O)cc2)cc1C. The topological polar surface area (TPSA) is 100.0 Å². The lowest BCUT2D eigenvalue weighted by atomic mass is 9.95. The number of fused-ring (bicyclic) bond motifs is 1. The Morgan fingerprint density at radius 2 is 1.71 bits per heavy atom. The minimum absolute atomic E-state index is 0.0334. The van der Waals surface area contributed by atoms with Gasteiger partial charge in [-0.25, -0.2) is 4.98 Å². The summed E-state index contributed by atoms with van der Waals surface area (Å²) in [5, 5.41) is 21.7. The first-order chi connectivity index (χ1) is 18.2. The molecule has 0 saturated carbocycles. The second-order valence-corrected chi connectivity index (χ2v) is 10.5. The highest BCUT2D eigenvalue weighted by Gasteiger charge is 2.48. The first-order valence-corrected chi connectivity index (χ1v) is 13.2. The largest absolute Gasteiger partial charge is 0.508 e. The summed E-state index contributed by atoms with van der Waals surface area (Å²) in [5.74, 6) is -1.09. The van der Waals surface area contributed by atoms with Crippen molar-refractivity contribution in [2.45, 2.75) is 40.2 Å². The predicted octanol–water partition coefficient (Wildman–Crippen LogP) is 6.34. The van der Waals surface area contributed by atoms with Gasteiger partial charge in [0.1, 0.15) is 17.3 Å². The number of benzene rings is 3. The van der Waals surface area contributed by atoms with E-state index in [1.165, 1.54) is 28.4 Å². The molecule has 1 unspecified atom stereocenters. The molecule has 0 aliphatic carbocycles. The van der Waals surface area contributed by atoms with Crippen LogP contribution in [0.3, 0.4) is 0 Å². The van der Waals surface area contributed by atoms with Crippen LogP contribution in [0.2, 0.25) is 0 Å². The van der Waals surface area contributed by atoms with Crippen LogP contribution in [0, 0.1) is 20.8 Å². The molecular weight excluding hydrogens is 500 g/mol. The average Bonchev–Trinajstić information content (AvgIpc) is 3.41. The zero-order chi connectivity index (χ0) is 27.1. The van der Waals surface area contributed by atoms with Crippen LogP contribution in [0.1, 0.15) is 47.2 Å².